The number of anilines is 1. The fourth-order valence-corrected chi connectivity index (χ4v) is 5.29. The molecule has 172 valence electrons. The Labute approximate surface area is 201 Å². The monoisotopic (exact) mass is 483 g/mol. The number of hydrogen-bond acceptors (Lipinski definition) is 7. The zero-order valence-electron chi connectivity index (χ0n) is 18.6. The summed E-state index contributed by atoms with van der Waals surface area (Å²) >= 11 is 2.42. The quantitative estimate of drug-likeness (QED) is 0.302. The molecule has 1 heterocycles. The van der Waals surface area contributed by atoms with Gasteiger partial charge in [-0.3, -0.25) is 4.79 Å². The molecule has 0 saturated heterocycles. The highest BCUT2D eigenvalue weighted by molar-refractivity contribution is 8.00. The van der Waals surface area contributed by atoms with Crippen molar-refractivity contribution in [3.8, 4) is 0 Å². The van der Waals surface area contributed by atoms with Crippen LogP contribution < -0.4 is 5.32 Å². The zero-order valence-corrected chi connectivity index (χ0v) is 20.3. The SMILES string of the molecule is CCOC(=O)c1sc(NC(=O)C(Sc2ccccc2)c2ccccc2)c(C(=O)OCC)c1C. The Bertz CT molecular complexity index is 1110. The number of carbonyl (C=O) groups is 3. The molecule has 1 N–H and O–H groups in total. The van der Waals surface area contributed by atoms with Crippen LogP contribution in [0.4, 0.5) is 5.00 Å². The Balaban J connectivity index is 1.97. The average Bonchev–Trinajstić information content (AvgIpc) is 3.14. The molecule has 0 aliphatic heterocycles. The van der Waals surface area contributed by atoms with Gasteiger partial charge in [0.05, 0.1) is 18.8 Å². The largest absolute Gasteiger partial charge is 0.462 e. The van der Waals surface area contributed by atoms with Crippen molar-refractivity contribution in [2.45, 2.75) is 30.9 Å². The summed E-state index contributed by atoms with van der Waals surface area (Å²) in [4.78, 5) is 39.8. The molecule has 0 radical (unpaired) electrons. The van der Waals surface area contributed by atoms with Gasteiger partial charge in [-0.25, -0.2) is 9.59 Å². The maximum absolute atomic E-state index is 13.5. The van der Waals surface area contributed by atoms with E-state index < -0.39 is 17.2 Å². The highest BCUT2D eigenvalue weighted by Crippen LogP contribution is 2.39. The molecule has 6 nitrogen and oxygen atoms in total. The third-order valence-electron chi connectivity index (χ3n) is 4.66. The Kier molecular flexibility index (Phi) is 8.68. The lowest BCUT2D eigenvalue weighted by Crippen LogP contribution is -2.20. The van der Waals surface area contributed by atoms with E-state index in [1.165, 1.54) is 11.8 Å². The minimum absolute atomic E-state index is 0.173. The predicted molar refractivity (Wildman–Crippen MR) is 131 cm³/mol. The lowest BCUT2D eigenvalue weighted by Gasteiger charge is -2.17. The average molecular weight is 484 g/mol. The number of amides is 1. The number of hydrogen-bond donors (Lipinski definition) is 1. The summed E-state index contributed by atoms with van der Waals surface area (Å²) in [5.41, 5.74) is 1.43. The lowest BCUT2D eigenvalue weighted by atomic mass is 10.1. The highest BCUT2D eigenvalue weighted by Gasteiger charge is 2.30. The van der Waals surface area contributed by atoms with Crippen LogP contribution in [0, 0.1) is 6.92 Å². The van der Waals surface area contributed by atoms with E-state index in [1.807, 2.05) is 60.7 Å². The van der Waals surface area contributed by atoms with Crippen molar-refractivity contribution in [3.63, 3.8) is 0 Å². The number of thiophene rings is 1. The zero-order chi connectivity index (χ0) is 23.8. The summed E-state index contributed by atoms with van der Waals surface area (Å²) in [6.45, 7) is 5.44. The van der Waals surface area contributed by atoms with Crippen LogP contribution >= 0.6 is 23.1 Å². The number of ether oxygens (including phenoxy) is 2. The third-order valence-corrected chi connectivity index (χ3v) is 7.12. The summed E-state index contributed by atoms with van der Waals surface area (Å²) in [5, 5.41) is 2.58. The van der Waals surface area contributed by atoms with Crippen LogP contribution in [0.2, 0.25) is 0 Å². The van der Waals surface area contributed by atoms with Gasteiger partial charge in [-0.05, 0) is 44.0 Å². The Hall–Kier alpha value is -3.10. The maximum atomic E-state index is 13.5. The highest BCUT2D eigenvalue weighted by atomic mass is 32.2. The smallest absolute Gasteiger partial charge is 0.348 e. The summed E-state index contributed by atoms with van der Waals surface area (Å²) in [5.74, 6) is -1.44. The fourth-order valence-electron chi connectivity index (χ4n) is 3.16. The lowest BCUT2D eigenvalue weighted by molar-refractivity contribution is -0.115. The van der Waals surface area contributed by atoms with Gasteiger partial charge in [-0.15, -0.1) is 23.1 Å². The molecule has 1 aromatic heterocycles. The number of nitrogens with one attached hydrogen (secondary N) is 1. The minimum Gasteiger partial charge on any atom is -0.462 e. The Morgan fingerprint density at radius 3 is 2.09 bits per heavy atom. The number of thioether (sulfide) groups is 1. The van der Waals surface area contributed by atoms with E-state index in [0.717, 1.165) is 21.8 Å². The standard InChI is InChI=1S/C25H25NO5S2/c1-4-30-24(28)19-16(3)20(25(29)31-5-2)33-23(19)26-22(27)21(17-12-8-6-9-13-17)32-18-14-10-7-11-15-18/h6-15,21H,4-5H2,1-3H3,(H,26,27). The van der Waals surface area contributed by atoms with Gasteiger partial charge >= 0.3 is 11.9 Å². The summed E-state index contributed by atoms with van der Waals surface area (Å²) < 4.78 is 10.3. The third kappa shape index (κ3) is 6.03. The molecule has 0 saturated carbocycles. The topological polar surface area (TPSA) is 81.7 Å². The van der Waals surface area contributed by atoms with Crippen LogP contribution in [0.15, 0.2) is 65.6 Å². The molecule has 0 spiro atoms. The fraction of sp³-hybridized carbons (Fsp3) is 0.240. The van der Waals surface area contributed by atoms with Crippen LogP contribution in [-0.4, -0.2) is 31.1 Å². The summed E-state index contributed by atoms with van der Waals surface area (Å²) in [6, 6.07) is 19.0. The second-order valence-electron chi connectivity index (χ2n) is 6.91. The first kappa shape index (κ1) is 24.5. The van der Waals surface area contributed by atoms with Crippen LogP contribution in [0.25, 0.3) is 0 Å². The minimum atomic E-state index is -0.593. The molecule has 2 aromatic carbocycles. The van der Waals surface area contributed by atoms with Gasteiger partial charge in [0, 0.05) is 4.90 Å². The molecule has 33 heavy (non-hydrogen) atoms. The molecule has 1 unspecified atom stereocenters. The molecular formula is C25H25NO5S2. The second kappa shape index (κ2) is 11.7. The molecule has 0 aliphatic carbocycles. The van der Waals surface area contributed by atoms with Crippen molar-refractivity contribution in [3.05, 3.63) is 82.2 Å². The number of esters is 2. The van der Waals surface area contributed by atoms with Crippen LogP contribution in [0.5, 0.6) is 0 Å². The van der Waals surface area contributed by atoms with E-state index in [1.54, 1.807) is 20.8 Å². The van der Waals surface area contributed by atoms with E-state index in [0.29, 0.717) is 5.56 Å². The molecule has 8 heteroatoms. The van der Waals surface area contributed by atoms with E-state index in [-0.39, 0.29) is 34.6 Å². The van der Waals surface area contributed by atoms with Gasteiger partial charge in [0.2, 0.25) is 5.91 Å². The van der Waals surface area contributed by atoms with Gasteiger partial charge in [0.1, 0.15) is 15.1 Å². The molecule has 0 bridgehead atoms. The molecule has 1 amide bonds. The molecule has 1 atom stereocenters. The first-order chi connectivity index (χ1) is 16.0. The first-order valence-corrected chi connectivity index (χ1v) is 12.2. The van der Waals surface area contributed by atoms with Crippen LogP contribution in [0.1, 0.15) is 50.3 Å². The Morgan fingerprint density at radius 1 is 0.909 bits per heavy atom. The van der Waals surface area contributed by atoms with Gasteiger partial charge in [0.15, 0.2) is 0 Å². The van der Waals surface area contributed by atoms with E-state index in [2.05, 4.69) is 5.32 Å². The van der Waals surface area contributed by atoms with Crippen LogP contribution in [-0.2, 0) is 14.3 Å². The number of rotatable bonds is 9. The van der Waals surface area contributed by atoms with E-state index in [4.69, 9.17) is 9.47 Å². The van der Waals surface area contributed by atoms with Crippen molar-refractivity contribution < 1.29 is 23.9 Å². The normalized spacial score (nSPS) is 11.5. The van der Waals surface area contributed by atoms with Crippen molar-refractivity contribution >= 4 is 45.9 Å². The predicted octanol–water partition coefficient (Wildman–Crippen LogP) is 5.88. The molecule has 0 fully saturated rings. The van der Waals surface area contributed by atoms with E-state index >= 15 is 0 Å². The molecule has 0 aliphatic rings. The van der Waals surface area contributed by atoms with Crippen LogP contribution in [0.3, 0.4) is 0 Å². The summed E-state index contributed by atoms with van der Waals surface area (Å²) in [6.07, 6.45) is 0. The number of benzene rings is 2. The van der Waals surface area contributed by atoms with Crippen molar-refractivity contribution in [2.75, 3.05) is 18.5 Å². The Morgan fingerprint density at radius 2 is 1.48 bits per heavy atom. The van der Waals surface area contributed by atoms with Crippen molar-refractivity contribution in [1.82, 2.24) is 0 Å². The molecular weight excluding hydrogens is 458 g/mol. The van der Waals surface area contributed by atoms with Gasteiger partial charge in [-0.2, -0.15) is 0 Å². The van der Waals surface area contributed by atoms with Gasteiger partial charge in [0.25, 0.3) is 0 Å². The van der Waals surface area contributed by atoms with Crippen molar-refractivity contribution in [2.24, 2.45) is 0 Å². The molecule has 3 aromatic rings. The van der Waals surface area contributed by atoms with Crippen molar-refractivity contribution in [1.29, 1.82) is 0 Å². The molecule has 3 rings (SSSR count). The number of carbonyl (C=O) groups excluding carboxylic acids is 3. The summed E-state index contributed by atoms with van der Waals surface area (Å²) in [7, 11) is 0. The van der Waals surface area contributed by atoms with Gasteiger partial charge < -0.3 is 14.8 Å². The van der Waals surface area contributed by atoms with E-state index in [9.17, 15) is 14.4 Å². The first-order valence-electron chi connectivity index (χ1n) is 10.5. The second-order valence-corrected chi connectivity index (χ2v) is 9.11. The van der Waals surface area contributed by atoms with Gasteiger partial charge in [-0.1, -0.05) is 48.5 Å². The maximum Gasteiger partial charge on any atom is 0.348 e.